The number of aliphatic imine (C=N–C) groups is 1. The monoisotopic (exact) mass is 271 g/mol. The Bertz CT molecular complexity index is 257. The van der Waals surface area contributed by atoms with Crippen molar-refractivity contribution < 1.29 is 4.74 Å². The average molecular weight is 271 g/mol. The molecule has 1 atom stereocenters. The number of nitrogens with zero attached hydrogens (tertiary/aromatic N) is 1. The molecule has 4 heteroatoms. The SMILES string of the molecule is CCNC(=NCCC(OCC)C(C)C)NC(C)(C)C. The first-order chi connectivity index (χ1) is 8.80. The Labute approximate surface area is 119 Å². The molecule has 0 aromatic carbocycles. The lowest BCUT2D eigenvalue weighted by atomic mass is 10.0. The molecule has 0 saturated carbocycles. The highest BCUT2D eigenvalue weighted by Crippen LogP contribution is 2.10. The Balaban J connectivity index is 4.36. The van der Waals surface area contributed by atoms with Gasteiger partial charge < -0.3 is 15.4 Å². The van der Waals surface area contributed by atoms with Crippen molar-refractivity contribution in [1.82, 2.24) is 10.6 Å². The number of rotatable bonds is 7. The number of guanidine groups is 1. The minimum atomic E-state index is 0.0262. The molecule has 0 saturated heterocycles. The molecular weight excluding hydrogens is 238 g/mol. The number of hydrogen-bond donors (Lipinski definition) is 2. The summed E-state index contributed by atoms with van der Waals surface area (Å²) in [5, 5.41) is 6.66. The summed E-state index contributed by atoms with van der Waals surface area (Å²) in [6, 6.07) is 0. The van der Waals surface area contributed by atoms with Crippen molar-refractivity contribution in [3.05, 3.63) is 0 Å². The van der Waals surface area contributed by atoms with Crippen LogP contribution < -0.4 is 10.6 Å². The van der Waals surface area contributed by atoms with Crippen LogP contribution in [0, 0.1) is 5.92 Å². The van der Waals surface area contributed by atoms with E-state index in [0.717, 1.165) is 32.1 Å². The van der Waals surface area contributed by atoms with E-state index >= 15 is 0 Å². The van der Waals surface area contributed by atoms with Crippen LogP contribution in [0.25, 0.3) is 0 Å². The second kappa shape index (κ2) is 9.18. The van der Waals surface area contributed by atoms with Crippen molar-refractivity contribution in [3.63, 3.8) is 0 Å². The molecular formula is C15H33N3O. The van der Waals surface area contributed by atoms with Crippen LogP contribution in [-0.2, 0) is 4.74 Å². The molecule has 19 heavy (non-hydrogen) atoms. The summed E-state index contributed by atoms with van der Waals surface area (Å²) in [5.74, 6) is 1.42. The van der Waals surface area contributed by atoms with Crippen LogP contribution in [0.15, 0.2) is 4.99 Å². The molecule has 1 unspecified atom stereocenters. The van der Waals surface area contributed by atoms with Crippen LogP contribution in [0.2, 0.25) is 0 Å². The molecule has 0 aromatic rings. The number of nitrogens with one attached hydrogen (secondary N) is 2. The molecule has 0 bridgehead atoms. The summed E-state index contributed by atoms with van der Waals surface area (Å²) in [5.41, 5.74) is 0.0262. The summed E-state index contributed by atoms with van der Waals surface area (Å²) in [6.45, 7) is 17.4. The third-order valence-corrected chi connectivity index (χ3v) is 2.65. The van der Waals surface area contributed by atoms with E-state index < -0.39 is 0 Å². The van der Waals surface area contributed by atoms with Crippen LogP contribution >= 0.6 is 0 Å². The third kappa shape index (κ3) is 9.77. The van der Waals surface area contributed by atoms with Crippen molar-refractivity contribution in [2.45, 2.75) is 66.5 Å². The van der Waals surface area contributed by atoms with E-state index in [1.807, 2.05) is 6.92 Å². The Morgan fingerprint density at radius 1 is 1.21 bits per heavy atom. The molecule has 0 aliphatic rings. The average Bonchev–Trinajstić information content (AvgIpc) is 2.25. The van der Waals surface area contributed by atoms with Gasteiger partial charge in [-0.3, -0.25) is 4.99 Å². The smallest absolute Gasteiger partial charge is 0.191 e. The van der Waals surface area contributed by atoms with Gasteiger partial charge in [0.15, 0.2) is 5.96 Å². The topological polar surface area (TPSA) is 45.7 Å². The van der Waals surface area contributed by atoms with Gasteiger partial charge in [-0.1, -0.05) is 13.8 Å². The van der Waals surface area contributed by atoms with Gasteiger partial charge in [-0.15, -0.1) is 0 Å². The Kier molecular flexibility index (Phi) is 8.81. The van der Waals surface area contributed by atoms with Gasteiger partial charge in [0.25, 0.3) is 0 Å². The van der Waals surface area contributed by atoms with E-state index in [1.54, 1.807) is 0 Å². The van der Waals surface area contributed by atoms with E-state index in [2.05, 4.69) is 57.2 Å². The highest BCUT2D eigenvalue weighted by atomic mass is 16.5. The predicted octanol–water partition coefficient (Wildman–Crippen LogP) is 2.79. The van der Waals surface area contributed by atoms with Gasteiger partial charge in [-0.2, -0.15) is 0 Å². The maximum Gasteiger partial charge on any atom is 0.191 e. The van der Waals surface area contributed by atoms with Crippen molar-refractivity contribution >= 4 is 5.96 Å². The summed E-state index contributed by atoms with van der Waals surface area (Å²) in [7, 11) is 0. The molecule has 0 spiro atoms. The van der Waals surface area contributed by atoms with E-state index in [1.165, 1.54) is 0 Å². The highest BCUT2D eigenvalue weighted by Gasteiger charge is 2.14. The van der Waals surface area contributed by atoms with Crippen molar-refractivity contribution in [3.8, 4) is 0 Å². The molecule has 0 aliphatic carbocycles. The first-order valence-electron chi connectivity index (χ1n) is 7.48. The van der Waals surface area contributed by atoms with Gasteiger partial charge in [0.2, 0.25) is 0 Å². The van der Waals surface area contributed by atoms with Gasteiger partial charge in [0.1, 0.15) is 0 Å². The lowest BCUT2D eigenvalue weighted by molar-refractivity contribution is 0.0266. The molecule has 4 nitrogen and oxygen atoms in total. The lowest BCUT2D eigenvalue weighted by Crippen LogP contribution is -2.47. The third-order valence-electron chi connectivity index (χ3n) is 2.65. The maximum atomic E-state index is 5.74. The highest BCUT2D eigenvalue weighted by molar-refractivity contribution is 5.80. The molecule has 0 rings (SSSR count). The van der Waals surface area contributed by atoms with E-state index in [-0.39, 0.29) is 5.54 Å². The van der Waals surface area contributed by atoms with Gasteiger partial charge in [0.05, 0.1) is 6.10 Å². The Hall–Kier alpha value is -0.770. The fraction of sp³-hybridized carbons (Fsp3) is 0.933. The Morgan fingerprint density at radius 3 is 2.26 bits per heavy atom. The van der Waals surface area contributed by atoms with Crippen LogP contribution in [0.4, 0.5) is 0 Å². The zero-order valence-corrected chi connectivity index (χ0v) is 13.8. The van der Waals surface area contributed by atoms with Gasteiger partial charge >= 0.3 is 0 Å². The molecule has 0 heterocycles. The zero-order valence-electron chi connectivity index (χ0n) is 13.8. The van der Waals surface area contributed by atoms with Gasteiger partial charge in [0, 0.05) is 25.2 Å². The molecule has 0 aliphatic heterocycles. The fourth-order valence-corrected chi connectivity index (χ4v) is 1.79. The molecule has 114 valence electrons. The Morgan fingerprint density at radius 2 is 1.84 bits per heavy atom. The van der Waals surface area contributed by atoms with Crippen LogP contribution in [-0.4, -0.2) is 37.3 Å². The number of hydrogen-bond acceptors (Lipinski definition) is 2. The van der Waals surface area contributed by atoms with E-state index in [0.29, 0.717) is 12.0 Å². The normalized spacial score (nSPS) is 14.6. The van der Waals surface area contributed by atoms with E-state index in [9.17, 15) is 0 Å². The van der Waals surface area contributed by atoms with Crippen molar-refractivity contribution in [2.75, 3.05) is 19.7 Å². The zero-order chi connectivity index (χ0) is 14.9. The van der Waals surface area contributed by atoms with Gasteiger partial charge in [-0.05, 0) is 47.0 Å². The fourth-order valence-electron chi connectivity index (χ4n) is 1.79. The van der Waals surface area contributed by atoms with Crippen LogP contribution in [0.5, 0.6) is 0 Å². The van der Waals surface area contributed by atoms with Crippen LogP contribution in [0.3, 0.4) is 0 Å². The minimum Gasteiger partial charge on any atom is -0.378 e. The molecule has 0 amide bonds. The maximum absolute atomic E-state index is 5.74. The summed E-state index contributed by atoms with van der Waals surface area (Å²) < 4.78 is 5.74. The largest absolute Gasteiger partial charge is 0.378 e. The quantitative estimate of drug-likeness (QED) is 0.553. The summed E-state index contributed by atoms with van der Waals surface area (Å²) >= 11 is 0. The molecule has 0 fully saturated rings. The second-order valence-corrected chi connectivity index (χ2v) is 6.16. The first-order valence-corrected chi connectivity index (χ1v) is 7.48. The molecule has 0 radical (unpaired) electrons. The van der Waals surface area contributed by atoms with Gasteiger partial charge in [-0.25, -0.2) is 0 Å². The van der Waals surface area contributed by atoms with E-state index in [4.69, 9.17) is 4.74 Å². The van der Waals surface area contributed by atoms with Crippen molar-refractivity contribution in [2.24, 2.45) is 10.9 Å². The number of ether oxygens (including phenoxy) is 1. The first kappa shape index (κ1) is 18.2. The second-order valence-electron chi connectivity index (χ2n) is 6.16. The van der Waals surface area contributed by atoms with Crippen molar-refractivity contribution in [1.29, 1.82) is 0 Å². The van der Waals surface area contributed by atoms with Crippen LogP contribution in [0.1, 0.15) is 54.9 Å². The lowest BCUT2D eigenvalue weighted by Gasteiger charge is -2.24. The minimum absolute atomic E-state index is 0.0262. The standard InChI is InChI=1S/C15H33N3O/c1-8-16-14(18-15(5,6)7)17-11-10-13(12(3)4)19-9-2/h12-13H,8-11H2,1-7H3,(H2,16,17,18). The summed E-state index contributed by atoms with van der Waals surface area (Å²) in [6.07, 6.45) is 1.26. The molecule has 2 N–H and O–H groups in total. The predicted molar refractivity (Wildman–Crippen MR) is 83.7 cm³/mol. The summed E-state index contributed by atoms with van der Waals surface area (Å²) in [4.78, 5) is 4.62. The molecule has 0 aromatic heterocycles.